The summed E-state index contributed by atoms with van der Waals surface area (Å²) in [4.78, 5) is 17.6. The van der Waals surface area contributed by atoms with Crippen LogP contribution in [0.15, 0.2) is 24.4 Å². The number of hydrogen-bond acceptors (Lipinski definition) is 2. The van der Waals surface area contributed by atoms with E-state index in [1.165, 1.54) is 0 Å². The molecule has 2 heterocycles. The molecule has 4 N–H and O–H groups in total. The summed E-state index contributed by atoms with van der Waals surface area (Å²) in [5, 5.41) is 2.44. The van der Waals surface area contributed by atoms with Gasteiger partial charge < -0.3 is 10.7 Å². The highest BCUT2D eigenvalue weighted by atomic mass is 16.2. The molecule has 0 unspecified atom stereocenters. The van der Waals surface area contributed by atoms with E-state index in [1.807, 2.05) is 12.1 Å². The van der Waals surface area contributed by atoms with Crippen LogP contribution in [0.5, 0.6) is 0 Å². The van der Waals surface area contributed by atoms with Crippen LogP contribution in [0.2, 0.25) is 0 Å². The summed E-state index contributed by atoms with van der Waals surface area (Å²) in [6.45, 7) is 0. The van der Waals surface area contributed by atoms with Gasteiger partial charge in [-0.1, -0.05) is 0 Å². The monoisotopic (exact) mass is 176 g/mol. The molecular formula is C8H8N4O. The highest BCUT2D eigenvalue weighted by molar-refractivity contribution is 5.90. The van der Waals surface area contributed by atoms with Crippen molar-refractivity contribution in [1.82, 2.24) is 9.97 Å². The maximum atomic E-state index is 10.5. The summed E-state index contributed by atoms with van der Waals surface area (Å²) >= 11 is 0. The van der Waals surface area contributed by atoms with E-state index in [2.05, 4.69) is 15.3 Å². The van der Waals surface area contributed by atoms with Crippen LogP contribution in [-0.2, 0) is 0 Å². The highest BCUT2D eigenvalue weighted by Crippen LogP contribution is 2.14. The normalized spacial score (nSPS) is 10.2. The molecule has 2 rings (SSSR count). The Morgan fingerprint density at radius 2 is 2.46 bits per heavy atom. The van der Waals surface area contributed by atoms with Gasteiger partial charge in [0, 0.05) is 12.3 Å². The smallest absolute Gasteiger partial charge is 0.317 e. The fraction of sp³-hybridized carbons (Fsp3) is 0. The second kappa shape index (κ2) is 2.78. The van der Waals surface area contributed by atoms with Crippen molar-refractivity contribution in [2.45, 2.75) is 0 Å². The zero-order chi connectivity index (χ0) is 9.26. The van der Waals surface area contributed by atoms with E-state index < -0.39 is 6.03 Å². The van der Waals surface area contributed by atoms with Crippen LogP contribution in [0.4, 0.5) is 10.6 Å². The van der Waals surface area contributed by atoms with Crippen LogP contribution < -0.4 is 11.1 Å². The average Bonchev–Trinajstić information content (AvgIpc) is 2.44. The second-order valence-electron chi connectivity index (χ2n) is 2.61. The lowest BCUT2D eigenvalue weighted by Crippen LogP contribution is -2.19. The van der Waals surface area contributed by atoms with Crippen LogP contribution in [0.25, 0.3) is 11.0 Å². The standard InChI is InChI=1S/C8H8N4O/c9-8(13)12-7-4-6-5(11-7)2-1-3-10-6/h1-4,11H,(H3,9,12,13). The molecule has 0 bridgehead atoms. The maximum absolute atomic E-state index is 10.5. The number of aromatic nitrogens is 2. The predicted octanol–water partition coefficient (Wildman–Crippen LogP) is 1.05. The van der Waals surface area contributed by atoms with E-state index in [9.17, 15) is 4.79 Å². The second-order valence-corrected chi connectivity index (χ2v) is 2.61. The Hall–Kier alpha value is -2.04. The number of H-pyrrole nitrogens is 1. The first-order valence-electron chi connectivity index (χ1n) is 3.76. The van der Waals surface area contributed by atoms with Gasteiger partial charge in [-0.05, 0) is 12.1 Å². The molecule has 5 nitrogen and oxygen atoms in total. The molecular weight excluding hydrogens is 168 g/mol. The number of nitrogens with zero attached hydrogens (tertiary/aromatic N) is 1. The Kier molecular flexibility index (Phi) is 1.63. The van der Waals surface area contributed by atoms with E-state index in [0.717, 1.165) is 11.0 Å². The quantitative estimate of drug-likeness (QED) is 0.606. The van der Waals surface area contributed by atoms with Gasteiger partial charge in [-0.3, -0.25) is 10.3 Å². The minimum absolute atomic E-state index is 0.557. The van der Waals surface area contributed by atoms with Crippen LogP contribution >= 0.6 is 0 Å². The number of anilines is 1. The van der Waals surface area contributed by atoms with E-state index >= 15 is 0 Å². The molecule has 0 aliphatic carbocycles. The van der Waals surface area contributed by atoms with E-state index in [4.69, 9.17) is 5.73 Å². The molecule has 13 heavy (non-hydrogen) atoms. The van der Waals surface area contributed by atoms with Crippen LogP contribution in [0.1, 0.15) is 0 Å². The molecule has 0 atom stereocenters. The molecule has 2 aromatic rings. The number of primary amides is 1. The number of carbonyl (C=O) groups excluding carboxylic acids is 1. The highest BCUT2D eigenvalue weighted by Gasteiger charge is 2.01. The zero-order valence-corrected chi connectivity index (χ0v) is 6.74. The van der Waals surface area contributed by atoms with Crippen molar-refractivity contribution in [1.29, 1.82) is 0 Å². The molecule has 0 saturated carbocycles. The molecule has 0 spiro atoms. The molecule has 2 amide bonds. The van der Waals surface area contributed by atoms with Gasteiger partial charge in [0.25, 0.3) is 0 Å². The van der Waals surface area contributed by atoms with E-state index in [-0.39, 0.29) is 0 Å². The molecule has 0 saturated heterocycles. The minimum Gasteiger partial charge on any atom is -0.351 e. The third-order valence-electron chi connectivity index (χ3n) is 1.65. The lowest BCUT2D eigenvalue weighted by Gasteiger charge is -1.93. The van der Waals surface area contributed by atoms with E-state index in [1.54, 1.807) is 12.3 Å². The first-order valence-corrected chi connectivity index (χ1v) is 3.76. The Bertz CT molecular complexity index is 415. The Labute approximate surface area is 74.0 Å². The first kappa shape index (κ1) is 7.60. The summed E-state index contributed by atoms with van der Waals surface area (Å²) in [5.74, 6) is 0.557. The molecule has 0 fully saturated rings. The number of hydrogen-bond donors (Lipinski definition) is 3. The van der Waals surface area contributed by atoms with E-state index in [0.29, 0.717) is 5.82 Å². The number of nitrogens with one attached hydrogen (secondary N) is 2. The number of aromatic amines is 1. The van der Waals surface area contributed by atoms with Crippen LogP contribution in [-0.4, -0.2) is 16.0 Å². The van der Waals surface area contributed by atoms with Crippen molar-refractivity contribution < 1.29 is 4.79 Å². The Morgan fingerprint density at radius 3 is 3.15 bits per heavy atom. The fourth-order valence-electron chi connectivity index (χ4n) is 1.16. The van der Waals surface area contributed by atoms with Crippen molar-refractivity contribution in [2.24, 2.45) is 5.73 Å². The summed E-state index contributed by atoms with van der Waals surface area (Å²) in [6, 6.07) is 4.81. The fourth-order valence-corrected chi connectivity index (χ4v) is 1.16. The number of rotatable bonds is 1. The van der Waals surface area contributed by atoms with Gasteiger partial charge in [-0.2, -0.15) is 0 Å². The van der Waals surface area contributed by atoms with Crippen molar-refractivity contribution >= 4 is 22.9 Å². The molecule has 0 radical (unpaired) electrons. The number of carbonyl (C=O) groups is 1. The zero-order valence-electron chi connectivity index (χ0n) is 6.74. The van der Waals surface area contributed by atoms with Gasteiger partial charge in [-0.25, -0.2) is 4.79 Å². The van der Waals surface area contributed by atoms with Gasteiger partial charge in [0.1, 0.15) is 5.82 Å². The number of amides is 2. The largest absolute Gasteiger partial charge is 0.351 e. The number of fused-ring (bicyclic) bond motifs is 1. The van der Waals surface area contributed by atoms with Gasteiger partial charge in [0.15, 0.2) is 0 Å². The molecule has 0 aliphatic heterocycles. The van der Waals surface area contributed by atoms with Gasteiger partial charge in [-0.15, -0.1) is 0 Å². The Morgan fingerprint density at radius 1 is 1.62 bits per heavy atom. The number of urea groups is 1. The summed E-state index contributed by atoms with van der Waals surface area (Å²) in [6.07, 6.45) is 1.68. The van der Waals surface area contributed by atoms with Gasteiger partial charge in [0.05, 0.1) is 11.0 Å². The van der Waals surface area contributed by atoms with Crippen LogP contribution in [0, 0.1) is 0 Å². The van der Waals surface area contributed by atoms with Gasteiger partial charge >= 0.3 is 6.03 Å². The molecule has 66 valence electrons. The van der Waals surface area contributed by atoms with Crippen molar-refractivity contribution in [3.8, 4) is 0 Å². The summed E-state index contributed by atoms with van der Waals surface area (Å²) < 4.78 is 0. The predicted molar refractivity (Wildman–Crippen MR) is 49.3 cm³/mol. The van der Waals surface area contributed by atoms with Crippen molar-refractivity contribution in [2.75, 3.05) is 5.32 Å². The number of pyridine rings is 1. The minimum atomic E-state index is -0.591. The Balaban J connectivity index is 2.44. The molecule has 5 heteroatoms. The summed E-state index contributed by atoms with van der Waals surface area (Å²) in [7, 11) is 0. The van der Waals surface area contributed by atoms with Crippen molar-refractivity contribution in [3.63, 3.8) is 0 Å². The molecule has 0 aromatic carbocycles. The van der Waals surface area contributed by atoms with Crippen molar-refractivity contribution in [3.05, 3.63) is 24.4 Å². The SMILES string of the molecule is NC(=O)Nc1cc2ncccc2[nH]1. The topological polar surface area (TPSA) is 83.8 Å². The molecule has 0 aliphatic rings. The average molecular weight is 176 g/mol. The maximum Gasteiger partial charge on any atom is 0.317 e. The third kappa shape index (κ3) is 1.44. The number of nitrogens with two attached hydrogens (primary N) is 1. The van der Waals surface area contributed by atoms with Gasteiger partial charge in [0.2, 0.25) is 0 Å². The first-order chi connectivity index (χ1) is 6.25. The van der Waals surface area contributed by atoms with Crippen LogP contribution in [0.3, 0.4) is 0 Å². The molecule has 2 aromatic heterocycles. The lowest BCUT2D eigenvalue weighted by molar-refractivity contribution is 0.259. The third-order valence-corrected chi connectivity index (χ3v) is 1.65. The summed E-state index contributed by atoms with van der Waals surface area (Å²) in [5.41, 5.74) is 6.62. The lowest BCUT2D eigenvalue weighted by atomic mass is 10.4.